The lowest BCUT2D eigenvalue weighted by Gasteiger charge is -2.19. The normalized spacial score (nSPS) is 11.9. The molecular weight excluding hydrogens is 416 g/mol. The number of nitrogens with one attached hydrogen (secondary N) is 1. The lowest BCUT2D eigenvalue weighted by molar-refractivity contribution is 0.0531. The van der Waals surface area contributed by atoms with Gasteiger partial charge in [-0.15, -0.1) is 0 Å². The van der Waals surface area contributed by atoms with E-state index >= 15 is 0 Å². The Hall–Kier alpha value is -3.13. The highest BCUT2D eigenvalue weighted by Gasteiger charge is 2.21. The van der Waals surface area contributed by atoms with Gasteiger partial charge in [0, 0.05) is 29.7 Å². The molecule has 0 aliphatic carbocycles. The molecule has 7 nitrogen and oxygen atoms in total. The molecule has 0 saturated heterocycles. The highest BCUT2D eigenvalue weighted by atomic mass is 32.2. The fourth-order valence-corrected chi connectivity index (χ4v) is 4.51. The summed E-state index contributed by atoms with van der Waals surface area (Å²) in [5.74, 6) is 0.461. The zero-order chi connectivity index (χ0) is 22.6. The summed E-state index contributed by atoms with van der Waals surface area (Å²) in [7, 11) is -2.10. The number of pyridine rings is 1. The highest BCUT2D eigenvalue weighted by molar-refractivity contribution is 7.91. The van der Waals surface area contributed by atoms with E-state index in [-0.39, 0.29) is 17.2 Å². The number of hydrogen-bond acceptors (Lipinski definition) is 6. The smallest absolute Gasteiger partial charge is 0.407 e. The van der Waals surface area contributed by atoms with E-state index in [0.717, 1.165) is 16.5 Å². The molecule has 0 bridgehead atoms. The Morgan fingerprint density at radius 2 is 1.77 bits per heavy atom. The van der Waals surface area contributed by atoms with E-state index < -0.39 is 21.5 Å². The van der Waals surface area contributed by atoms with Crippen molar-refractivity contribution in [1.29, 1.82) is 0 Å². The number of benzene rings is 2. The Balaban J connectivity index is 1.91. The number of methoxy groups -OCH3 is 1. The van der Waals surface area contributed by atoms with Crippen LogP contribution in [0.5, 0.6) is 5.75 Å². The molecule has 1 amide bonds. The first-order chi connectivity index (χ1) is 14.6. The van der Waals surface area contributed by atoms with Crippen LogP contribution in [0, 0.1) is 0 Å². The van der Waals surface area contributed by atoms with E-state index in [1.54, 1.807) is 52.4 Å². The summed E-state index contributed by atoms with van der Waals surface area (Å²) in [5.41, 5.74) is 0.954. The predicted molar refractivity (Wildman–Crippen MR) is 120 cm³/mol. The molecule has 0 fully saturated rings. The number of fused-ring (bicyclic) bond motifs is 1. The van der Waals surface area contributed by atoms with Crippen LogP contribution < -0.4 is 10.1 Å². The number of carbonyl (C=O) groups is 1. The largest absolute Gasteiger partial charge is 0.497 e. The number of ether oxygens (including phenoxy) is 2. The molecule has 3 aromatic rings. The fourth-order valence-electron chi connectivity index (χ4n) is 3.09. The summed E-state index contributed by atoms with van der Waals surface area (Å²) < 4.78 is 36.7. The predicted octanol–water partition coefficient (Wildman–Crippen LogP) is 4.21. The second-order valence-electron chi connectivity index (χ2n) is 8.05. The molecule has 3 rings (SSSR count). The van der Waals surface area contributed by atoms with Crippen molar-refractivity contribution >= 4 is 26.7 Å². The minimum absolute atomic E-state index is 0.0589. The number of aromatic nitrogens is 1. The zero-order valence-corrected chi connectivity index (χ0v) is 18.8. The first-order valence-electron chi connectivity index (χ1n) is 9.81. The summed E-state index contributed by atoms with van der Waals surface area (Å²) in [4.78, 5) is 16.2. The Labute approximate surface area is 182 Å². The van der Waals surface area contributed by atoms with E-state index in [4.69, 9.17) is 9.47 Å². The van der Waals surface area contributed by atoms with Crippen molar-refractivity contribution in [2.24, 2.45) is 0 Å². The van der Waals surface area contributed by atoms with Gasteiger partial charge in [0.25, 0.3) is 0 Å². The van der Waals surface area contributed by atoms with Gasteiger partial charge in [-0.2, -0.15) is 0 Å². The Kier molecular flexibility index (Phi) is 6.50. The highest BCUT2D eigenvalue weighted by Crippen LogP contribution is 2.31. The monoisotopic (exact) mass is 442 g/mol. The second kappa shape index (κ2) is 8.93. The second-order valence-corrected chi connectivity index (χ2v) is 10.1. The number of rotatable bonds is 6. The van der Waals surface area contributed by atoms with Crippen molar-refractivity contribution in [2.45, 2.75) is 31.3 Å². The first-order valence-corrected chi connectivity index (χ1v) is 11.5. The van der Waals surface area contributed by atoms with E-state index in [1.807, 2.05) is 30.3 Å². The summed E-state index contributed by atoms with van der Waals surface area (Å²) in [6.07, 6.45) is 2.55. The molecule has 0 aliphatic rings. The van der Waals surface area contributed by atoms with E-state index in [1.165, 1.54) is 0 Å². The van der Waals surface area contributed by atoms with Crippen molar-refractivity contribution in [3.8, 4) is 16.9 Å². The molecule has 1 N–H and O–H groups in total. The SMILES string of the molecule is COc1ccc(-c2cc(S(=O)(=O)CCNC(=O)OC(C)(C)C)c3ccncc3c2)cc1. The standard InChI is InChI=1S/C23H26N2O5S/c1-23(2,3)30-22(26)25-11-12-31(27,28)21-14-17(13-18-15-24-10-9-20(18)21)16-5-7-19(29-4)8-6-16/h5-10,13-15H,11-12H2,1-4H3,(H,25,26). The Morgan fingerprint density at radius 3 is 2.42 bits per heavy atom. The van der Waals surface area contributed by atoms with Crippen LogP contribution in [0.2, 0.25) is 0 Å². The van der Waals surface area contributed by atoms with Gasteiger partial charge in [-0.1, -0.05) is 12.1 Å². The number of nitrogens with zero attached hydrogens (tertiary/aromatic N) is 1. The van der Waals surface area contributed by atoms with Crippen LogP contribution >= 0.6 is 0 Å². The van der Waals surface area contributed by atoms with Gasteiger partial charge in [0.1, 0.15) is 11.4 Å². The summed E-state index contributed by atoms with van der Waals surface area (Å²) in [5, 5.41) is 3.81. The minimum atomic E-state index is -3.69. The van der Waals surface area contributed by atoms with Crippen molar-refractivity contribution in [1.82, 2.24) is 10.3 Å². The molecule has 0 aliphatic heterocycles. The van der Waals surface area contributed by atoms with Gasteiger partial charge < -0.3 is 14.8 Å². The molecule has 164 valence electrons. The Morgan fingerprint density at radius 1 is 1.06 bits per heavy atom. The van der Waals surface area contributed by atoms with Crippen LogP contribution in [0.25, 0.3) is 21.9 Å². The lowest BCUT2D eigenvalue weighted by Crippen LogP contribution is -2.35. The molecule has 0 atom stereocenters. The van der Waals surface area contributed by atoms with Crippen LogP contribution in [-0.2, 0) is 14.6 Å². The maximum atomic E-state index is 13.2. The third-order valence-electron chi connectivity index (χ3n) is 4.51. The average molecular weight is 443 g/mol. The van der Waals surface area contributed by atoms with Gasteiger partial charge in [-0.3, -0.25) is 4.98 Å². The summed E-state index contributed by atoms with van der Waals surface area (Å²) in [6, 6.07) is 12.6. The first kappa shape index (κ1) is 22.6. The van der Waals surface area contributed by atoms with Crippen molar-refractivity contribution < 1.29 is 22.7 Å². The third kappa shape index (κ3) is 5.73. The van der Waals surface area contributed by atoms with E-state index in [2.05, 4.69) is 10.3 Å². The van der Waals surface area contributed by atoms with Crippen LogP contribution in [0.4, 0.5) is 4.79 Å². The number of hydrogen-bond donors (Lipinski definition) is 1. The van der Waals surface area contributed by atoms with Crippen LogP contribution in [-0.4, -0.2) is 44.5 Å². The quantitative estimate of drug-likeness (QED) is 0.615. The lowest BCUT2D eigenvalue weighted by atomic mass is 10.0. The van der Waals surface area contributed by atoms with Crippen LogP contribution in [0.1, 0.15) is 20.8 Å². The number of carbonyl (C=O) groups excluding carboxylic acids is 1. The van der Waals surface area contributed by atoms with Gasteiger partial charge in [0.05, 0.1) is 17.8 Å². The molecular formula is C23H26N2O5S. The fraction of sp³-hybridized carbons (Fsp3) is 0.304. The molecule has 1 heterocycles. The van der Waals surface area contributed by atoms with E-state index in [9.17, 15) is 13.2 Å². The van der Waals surface area contributed by atoms with E-state index in [0.29, 0.717) is 11.1 Å². The molecule has 0 saturated carbocycles. The molecule has 0 unspecified atom stereocenters. The molecule has 31 heavy (non-hydrogen) atoms. The van der Waals surface area contributed by atoms with Crippen molar-refractivity contribution in [3.63, 3.8) is 0 Å². The molecule has 8 heteroatoms. The van der Waals surface area contributed by atoms with Crippen molar-refractivity contribution in [3.05, 3.63) is 54.9 Å². The maximum absolute atomic E-state index is 13.2. The zero-order valence-electron chi connectivity index (χ0n) is 18.0. The van der Waals surface area contributed by atoms with Crippen molar-refractivity contribution in [2.75, 3.05) is 19.4 Å². The molecule has 0 radical (unpaired) electrons. The molecule has 0 spiro atoms. The topological polar surface area (TPSA) is 94.6 Å². The van der Waals surface area contributed by atoms with Gasteiger partial charge in [0.2, 0.25) is 0 Å². The number of amides is 1. The third-order valence-corrected chi connectivity index (χ3v) is 6.26. The summed E-state index contributed by atoms with van der Waals surface area (Å²) >= 11 is 0. The van der Waals surface area contributed by atoms with Gasteiger partial charge in [0.15, 0.2) is 9.84 Å². The number of alkyl carbamates (subject to hydrolysis) is 1. The minimum Gasteiger partial charge on any atom is -0.497 e. The number of sulfone groups is 1. The Bertz CT molecular complexity index is 1180. The van der Waals surface area contributed by atoms with Gasteiger partial charge >= 0.3 is 6.09 Å². The van der Waals surface area contributed by atoms with Crippen LogP contribution in [0.15, 0.2) is 59.8 Å². The van der Waals surface area contributed by atoms with Crippen LogP contribution in [0.3, 0.4) is 0 Å². The van der Waals surface area contributed by atoms with Gasteiger partial charge in [-0.25, -0.2) is 13.2 Å². The average Bonchev–Trinajstić information content (AvgIpc) is 2.71. The van der Waals surface area contributed by atoms with Gasteiger partial charge in [-0.05, 0) is 62.2 Å². The maximum Gasteiger partial charge on any atom is 0.407 e. The summed E-state index contributed by atoms with van der Waals surface area (Å²) in [6.45, 7) is 5.17. The molecule has 1 aromatic heterocycles. The molecule has 2 aromatic carbocycles.